The number of piperazine rings is 1. The molecule has 4 aromatic rings. The summed E-state index contributed by atoms with van der Waals surface area (Å²) in [4.78, 5) is 27.9. The van der Waals surface area contributed by atoms with E-state index in [9.17, 15) is 4.79 Å². The molecule has 5 rings (SSSR count). The number of amides is 1. The number of ether oxygens (including phenoxy) is 1. The highest BCUT2D eigenvalue weighted by Crippen LogP contribution is 2.43. The first kappa shape index (κ1) is 30.7. The zero-order valence-electron chi connectivity index (χ0n) is 26.0. The summed E-state index contributed by atoms with van der Waals surface area (Å²) >= 11 is 6.94. The number of benzene rings is 2. The molecule has 0 aliphatic carbocycles. The summed E-state index contributed by atoms with van der Waals surface area (Å²) in [5.74, 6) is -0.172. The second-order valence-corrected chi connectivity index (χ2v) is 12.7. The minimum Gasteiger partial charge on any atom is -0.461 e. The smallest absolute Gasteiger partial charge is 0.319 e. The Kier molecular flexibility index (Phi) is 8.13. The lowest BCUT2D eigenvalue weighted by Gasteiger charge is -2.44. The number of aromatic nitrogens is 4. The summed E-state index contributed by atoms with van der Waals surface area (Å²) in [5.41, 5.74) is 3.12. The molecule has 228 valence electrons. The van der Waals surface area contributed by atoms with Crippen LogP contribution in [0.4, 0.5) is 10.2 Å². The Morgan fingerprint density at radius 3 is 2.60 bits per heavy atom. The van der Waals surface area contributed by atoms with Gasteiger partial charge in [-0.15, -0.1) is 0 Å². The van der Waals surface area contributed by atoms with Crippen LogP contribution in [-0.4, -0.2) is 87.3 Å². The zero-order chi connectivity index (χ0) is 31.4. The monoisotopic (exact) mass is 607 g/mol. The van der Waals surface area contributed by atoms with E-state index in [1.54, 1.807) is 11.0 Å². The molecule has 0 bridgehead atoms. The van der Waals surface area contributed by atoms with Gasteiger partial charge in [-0.1, -0.05) is 24.2 Å². The predicted octanol–water partition coefficient (Wildman–Crippen LogP) is 5.91. The van der Waals surface area contributed by atoms with Gasteiger partial charge >= 0.3 is 6.01 Å². The molecule has 11 heteroatoms. The molecule has 1 saturated heterocycles. The third-order valence-electron chi connectivity index (χ3n) is 8.68. The third-order valence-corrected chi connectivity index (χ3v) is 8.98. The molecule has 9 nitrogen and oxygen atoms in total. The number of hydrogen-bond acceptors (Lipinski definition) is 7. The Morgan fingerprint density at radius 2 is 1.93 bits per heavy atom. The molecule has 2 aromatic heterocycles. The van der Waals surface area contributed by atoms with Crippen molar-refractivity contribution in [3.8, 4) is 17.1 Å². The van der Waals surface area contributed by atoms with Crippen LogP contribution in [0.2, 0.25) is 5.02 Å². The maximum Gasteiger partial charge on any atom is 0.319 e. The second-order valence-electron chi connectivity index (χ2n) is 12.3. The summed E-state index contributed by atoms with van der Waals surface area (Å²) in [6.07, 6.45) is 1.33. The van der Waals surface area contributed by atoms with E-state index >= 15 is 4.39 Å². The van der Waals surface area contributed by atoms with Gasteiger partial charge in [0.2, 0.25) is 5.91 Å². The van der Waals surface area contributed by atoms with Crippen molar-refractivity contribution in [3.05, 3.63) is 53.0 Å². The molecule has 1 aliphatic rings. The number of fused-ring (bicyclic) bond motifs is 2. The van der Waals surface area contributed by atoms with Crippen molar-refractivity contribution in [2.24, 2.45) is 0 Å². The molecule has 0 spiro atoms. The number of aryl methyl sites for hydroxylation is 2. The van der Waals surface area contributed by atoms with Gasteiger partial charge in [0.1, 0.15) is 17.9 Å². The first-order valence-electron chi connectivity index (χ1n) is 14.4. The number of nitrogens with zero attached hydrogens (tertiary/aromatic N) is 6. The maximum absolute atomic E-state index is 16.9. The molecule has 3 heterocycles. The first-order valence-corrected chi connectivity index (χ1v) is 14.8. The summed E-state index contributed by atoms with van der Waals surface area (Å²) in [5, 5.41) is 8.92. The topological polar surface area (TPSA) is 90.5 Å². The number of carbonyl (C=O) groups excluding carboxylic acids is 1. The third kappa shape index (κ3) is 5.42. The molecule has 0 radical (unpaired) electrons. The molecule has 1 N–H and O–H groups in total. The molecular formula is C32H39ClFN7O2. The van der Waals surface area contributed by atoms with E-state index in [-0.39, 0.29) is 52.2 Å². The quantitative estimate of drug-likeness (QED) is 0.261. The van der Waals surface area contributed by atoms with E-state index in [1.807, 2.05) is 72.7 Å². The lowest BCUT2D eigenvalue weighted by molar-refractivity contribution is -0.128. The van der Waals surface area contributed by atoms with Crippen molar-refractivity contribution >= 4 is 45.1 Å². The Hall–Kier alpha value is -3.76. The van der Waals surface area contributed by atoms with Crippen LogP contribution < -0.4 is 9.64 Å². The van der Waals surface area contributed by atoms with Crippen LogP contribution in [0.5, 0.6) is 6.01 Å². The van der Waals surface area contributed by atoms with Crippen LogP contribution in [0.25, 0.3) is 32.9 Å². The Labute approximate surface area is 256 Å². The fraction of sp³-hybridized carbons (Fsp3) is 0.438. The van der Waals surface area contributed by atoms with Gasteiger partial charge < -0.3 is 19.4 Å². The SMILES string of the molecule is C=CC(=O)N1C[C@H](C)N(c2nc(OCC(C)(C)N(C)C)nc3c(F)c(-c4c(C)ccc5n[nH]c(C)c45)c(Cl)cc23)C[C@H]1C. The van der Waals surface area contributed by atoms with Gasteiger partial charge in [-0.3, -0.25) is 9.89 Å². The fourth-order valence-corrected chi connectivity index (χ4v) is 5.87. The lowest BCUT2D eigenvalue weighted by Crippen LogP contribution is -2.58. The molecule has 1 amide bonds. The highest BCUT2D eigenvalue weighted by molar-refractivity contribution is 6.35. The van der Waals surface area contributed by atoms with E-state index < -0.39 is 5.82 Å². The van der Waals surface area contributed by atoms with Gasteiger partial charge in [-0.05, 0) is 79.4 Å². The molecule has 1 fully saturated rings. The Morgan fingerprint density at radius 1 is 1.21 bits per heavy atom. The van der Waals surface area contributed by atoms with Crippen LogP contribution >= 0.6 is 11.6 Å². The van der Waals surface area contributed by atoms with Crippen LogP contribution in [0, 0.1) is 19.7 Å². The van der Waals surface area contributed by atoms with Crippen molar-refractivity contribution < 1.29 is 13.9 Å². The normalized spacial score (nSPS) is 17.7. The van der Waals surface area contributed by atoms with Crippen molar-refractivity contribution in [2.75, 3.05) is 38.7 Å². The number of aromatic amines is 1. The highest BCUT2D eigenvalue weighted by atomic mass is 35.5. The molecule has 0 unspecified atom stereocenters. The van der Waals surface area contributed by atoms with Crippen LogP contribution in [-0.2, 0) is 4.79 Å². The van der Waals surface area contributed by atoms with Crippen LogP contribution in [0.15, 0.2) is 30.9 Å². The number of likely N-dealkylation sites (N-methyl/N-ethyl adjacent to an activating group) is 1. The number of anilines is 1. The minimum absolute atomic E-state index is 0.0727. The van der Waals surface area contributed by atoms with Crippen molar-refractivity contribution in [3.63, 3.8) is 0 Å². The van der Waals surface area contributed by atoms with Gasteiger partial charge in [0.15, 0.2) is 5.82 Å². The van der Waals surface area contributed by atoms with Gasteiger partial charge in [0.05, 0.1) is 10.5 Å². The Bertz CT molecular complexity index is 1730. The highest BCUT2D eigenvalue weighted by Gasteiger charge is 2.34. The summed E-state index contributed by atoms with van der Waals surface area (Å²) in [7, 11) is 3.94. The molecule has 2 aromatic carbocycles. The summed E-state index contributed by atoms with van der Waals surface area (Å²) in [6, 6.07) is 5.37. The van der Waals surface area contributed by atoms with Crippen molar-refractivity contribution in [2.45, 2.75) is 59.2 Å². The molecule has 2 atom stereocenters. The van der Waals surface area contributed by atoms with Gasteiger partial charge in [0, 0.05) is 58.3 Å². The summed E-state index contributed by atoms with van der Waals surface area (Å²) < 4.78 is 23.1. The van der Waals surface area contributed by atoms with E-state index in [0.29, 0.717) is 29.9 Å². The van der Waals surface area contributed by atoms with Gasteiger partial charge in [-0.25, -0.2) is 4.39 Å². The van der Waals surface area contributed by atoms with Gasteiger partial charge in [-0.2, -0.15) is 15.1 Å². The maximum atomic E-state index is 16.9. The van der Waals surface area contributed by atoms with E-state index in [1.165, 1.54) is 6.08 Å². The van der Waals surface area contributed by atoms with Crippen LogP contribution in [0.1, 0.15) is 39.0 Å². The molecular weight excluding hydrogens is 569 g/mol. The first-order chi connectivity index (χ1) is 20.2. The van der Waals surface area contributed by atoms with E-state index in [4.69, 9.17) is 21.3 Å². The molecule has 1 aliphatic heterocycles. The lowest BCUT2D eigenvalue weighted by atomic mass is 9.94. The fourth-order valence-electron chi connectivity index (χ4n) is 5.58. The Balaban J connectivity index is 1.72. The number of H-pyrrole nitrogens is 1. The van der Waals surface area contributed by atoms with Crippen molar-refractivity contribution in [1.29, 1.82) is 0 Å². The average Bonchev–Trinajstić information content (AvgIpc) is 3.33. The zero-order valence-corrected chi connectivity index (χ0v) is 26.8. The number of nitrogens with one attached hydrogen (secondary N) is 1. The molecule has 0 saturated carbocycles. The second kappa shape index (κ2) is 11.4. The largest absolute Gasteiger partial charge is 0.461 e. The summed E-state index contributed by atoms with van der Waals surface area (Å²) in [6.45, 7) is 16.8. The van der Waals surface area contributed by atoms with Crippen molar-refractivity contribution in [1.82, 2.24) is 30.0 Å². The minimum atomic E-state index is -0.555. The number of hydrogen-bond donors (Lipinski definition) is 1. The van der Waals surface area contributed by atoms with E-state index in [0.717, 1.165) is 22.2 Å². The van der Waals surface area contributed by atoms with E-state index in [2.05, 4.69) is 26.7 Å². The average molecular weight is 608 g/mol. The number of rotatable bonds is 7. The van der Waals surface area contributed by atoms with Crippen LogP contribution in [0.3, 0.4) is 0 Å². The molecule has 43 heavy (non-hydrogen) atoms. The predicted molar refractivity (Wildman–Crippen MR) is 171 cm³/mol. The number of halogens is 2. The number of carbonyl (C=O) groups is 1. The standard InChI is InChI=1S/C32H39ClFN7O2/c1-10-24(42)40-14-19(4)41(15-18(40)3)30-21-13-22(33)27(25-17(2)11-12-23-26(25)20(5)37-38-23)28(34)29(21)35-31(36-30)43-16-32(6,7)39(8)9/h10-13,18-19H,1,14-16H2,2-9H3,(H,37,38)/t18-,19+/m1/s1. The van der Waals surface area contributed by atoms with Gasteiger partial charge in [0.25, 0.3) is 0 Å².